The van der Waals surface area contributed by atoms with Crippen molar-refractivity contribution in [3.63, 3.8) is 0 Å². The Morgan fingerprint density at radius 3 is 2.19 bits per heavy atom. The Bertz CT molecular complexity index is 1290. The van der Waals surface area contributed by atoms with Gasteiger partial charge in [-0.05, 0) is 82.0 Å². The Morgan fingerprint density at radius 1 is 1.00 bits per heavy atom. The summed E-state index contributed by atoms with van der Waals surface area (Å²) in [5.74, 6) is -1.96. The molecule has 1 heterocycles. The van der Waals surface area contributed by atoms with Crippen molar-refractivity contribution < 1.29 is 27.5 Å². The number of piperidine rings is 1. The number of halogens is 3. The Hall–Kier alpha value is -3.13. The van der Waals surface area contributed by atoms with Crippen LogP contribution >= 0.6 is 0 Å². The summed E-state index contributed by atoms with van der Waals surface area (Å²) >= 11 is 0. The van der Waals surface area contributed by atoms with Crippen LogP contribution < -0.4 is 0 Å². The van der Waals surface area contributed by atoms with E-state index in [4.69, 9.17) is 4.74 Å². The second-order valence-electron chi connectivity index (χ2n) is 13.4. The zero-order valence-corrected chi connectivity index (χ0v) is 25.4. The molecule has 1 aliphatic heterocycles. The van der Waals surface area contributed by atoms with E-state index in [-0.39, 0.29) is 30.0 Å². The number of benzene rings is 2. The van der Waals surface area contributed by atoms with Gasteiger partial charge in [0, 0.05) is 24.5 Å². The van der Waals surface area contributed by atoms with Crippen LogP contribution in [0.5, 0.6) is 0 Å². The fraction of sp³-hybridized carbons (Fsp3) is 0.543. The molecule has 2 aromatic rings. The summed E-state index contributed by atoms with van der Waals surface area (Å²) in [6.45, 7) is 8.18. The average molecular weight is 597 g/mol. The number of carbonyl (C=O) groups is 2. The topological polar surface area (TPSA) is 49.9 Å². The highest BCUT2D eigenvalue weighted by Gasteiger charge is 2.59. The van der Waals surface area contributed by atoms with Crippen LogP contribution in [-0.4, -0.2) is 59.6 Å². The first-order chi connectivity index (χ1) is 20.4. The van der Waals surface area contributed by atoms with E-state index in [1.165, 1.54) is 4.90 Å². The van der Waals surface area contributed by atoms with Gasteiger partial charge in [0.1, 0.15) is 6.61 Å². The van der Waals surface area contributed by atoms with Gasteiger partial charge in [-0.15, -0.1) is 0 Å². The standard InChI is InChI=1S/C35H43F3N2O3/c1-4-27(19-25-11-7-5-8-12-25)29-20-30(29)40(31(41)35(36,37)38)28-21-34(22-28)15-17-39(18-16-34)24-33(2,3)32(42)43-23-26-13-9-6-10-14-26/h5-14,19,28-30H,4,15-18,20-24H2,1-3H3/b27-19+. The second kappa shape index (κ2) is 12.5. The minimum atomic E-state index is -4.88. The second-order valence-corrected chi connectivity index (χ2v) is 13.4. The fourth-order valence-corrected chi connectivity index (χ4v) is 7.13. The van der Waals surface area contributed by atoms with E-state index in [0.717, 1.165) is 49.1 Å². The average Bonchev–Trinajstić information content (AvgIpc) is 3.75. The number of likely N-dealkylation sites (tertiary alicyclic amines) is 1. The first kappa shape index (κ1) is 31.3. The highest BCUT2D eigenvalue weighted by molar-refractivity contribution is 5.83. The highest BCUT2D eigenvalue weighted by Crippen LogP contribution is 2.55. The van der Waals surface area contributed by atoms with Gasteiger partial charge in [-0.1, -0.05) is 79.2 Å². The van der Waals surface area contributed by atoms with Crippen molar-refractivity contribution in [2.75, 3.05) is 19.6 Å². The van der Waals surface area contributed by atoms with Crippen molar-refractivity contribution in [2.45, 2.75) is 84.2 Å². The minimum Gasteiger partial charge on any atom is -0.460 e. The third-order valence-corrected chi connectivity index (χ3v) is 9.66. The van der Waals surface area contributed by atoms with Gasteiger partial charge in [-0.2, -0.15) is 13.2 Å². The molecule has 1 amide bonds. The smallest absolute Gasteiger partial charge is 0.460 e. The van der Waals surface area contributed by atoms with Crippen molar-refractivity contribution in [2.24, 2.45) is 16.7 Å². The molecule has 2 aromatic carbocycles. The number of hydrogen-bond acceptors (Lipinski definition) is 4. The summed E-state index contributed by atoms with van der Waals surface area (Å²) in [6.07, 6.45) is 1.44. The maximum absolute atomic E-state index is 13.8. The summed E-state index contributed by atoms with van der Waals surface area (Å²) in [5.41, 5.74) is 2.35. The Balaban J connectivity index is 1.16. The van der Waals surface area contributed by atoms with E-state index >= 15 is 0 Å². The lowest BCUT2D eigenvalue weighted by molar-refractivity contribution is -0.194. The molecule has 0 N–H and O–H groups in total. The molecule has 2 saturated carbocycles. The molecule has 2 aliphatic carbocycles. The predicted octanol–water partition coefficient (Wildman–Crippen LogP) is 7.27. The molecule has 1 saturated heterocycles. The van der Waals surface area contributed by atoms with Gasteiger partial charge in [-0.25, -0.2) is 0 Å². The first-order valence-corrected chi connectivity index (χ1v) is 15.5. The van der Waals surface area contributed by atoms with Crippen LogP contribution in [0.15, 0.2) is 66.2 Å². The quantitative estimate of drug-likeness (QED) is 0.271. The molecule has 0 aromatic heterocycles. The van der Waals surface area contributed by atoms with E-state index in [9.17, 15) is 22.8 Å². The van der Waals surface area contributed by atoms with Crippen molar-refractivity contribution in [3.8, 4) is 0 Å². The van der Waals surface area contributed by atoms with E-state index in [2.05, 4.69) is 11.0 Å². The lowest BCUT2D eigenvalue weighted by Crippen LogP contribution is -2.59. The summed E-state index contributed by atoms with van der Waals surface area (Å²) in [5, 5.41) is 0. The molecule has 232 valence electrons. The third-order valence-electron chi connectivity index (χ3n) is 9.66. The van der Waals surface area contributed by atoms with Gasteiger partial charge in [0.15, 0.2) is 0 Å². The van der Waals surface area contributed by atoms with Crippen LogP contribution in [-0.2, 0) is 20.9 Å². The minimum absolute atomic E-state index is 0.0289. The Morgan fingerprint density at radius 2 is 1.60 bits per heavy atom. The summed E-state index contributed by atoms with van der Waals surface area (Å²) in [6, 6.07) is 18.6. The molecule has 1 spiro atoms. The van der Waals surface area contributed by atoms with Crippen molar-refractivity contribution in [1.82, 2.24) is 9.80 Å². The molecule has 5 nitrogen and oxygen atoms in total. The number of esters is 1. The lowest BCUT2D eigenvalue weighted by atomic mass is 9.59. The summed E-state index contributed by atoms with van der Waals surface area (Å²) in [4.78, 5) is 29.0. The van der Waals surface area contributed by atoms with Crippen LogP contribution in [0.3, 0.4) is 0 Å². The van der Waals surface area contributed by atoms with E-state index in [1.54, 1.807) is 0 Å². The van der Waals surface area contributed by atoms with Crippen LogP contribution in [0, 0.1) is 16.7 Å². The zero-order chi connectivity index (χ0) is 30.8. The maximum Gasteiger partial charge on any atom is 0.471 e. The maximum atomic E-state index is 13.8. The molecule has 2 unspecified atom stereocenters. The van der Waals surface area contributed by atoms with Crippen molar-refractivity contribution >= 4 is 18.0 Å². The SMILES string of the molecule is CC/C(=C\c1ccccc1)C1CC1N(C(=O)C(F)(F)F)C1CC2(CCN(CC(C)(C)C(=O)OCc3ccccc3)CC2)C1. The van der Waals surface area contributed by atoms with Crippen LogP contribution in [0.25, 0.3) is 6.08 Å². The molecule has 3 fully saturated rings. The summed E-state index contributed by atoms with van der Waals surface area (Å²) in [7, 11) is 0. The molecule has 2 atom stereocenters. The molecule has 3 aliphatic rings. The van der Waals surface area contributed by atoms with Gasteiger partial charge in [0.25, 0.3) is 0 Å². The van der Waals surface area contributed by atoms with Gasteiger partial charge >= 0.3 is 18.1 Å². The largest absolute Gasteiger partial charge is 0.471 e. The van der Waals surface area contributed by atoms with Crippen molar-refractivity contribution in [3.05, 3.63) is 77.4 Å². The highest BCUT2D eigenvalue weighted by atomic mass is 19.4. The number of hydrogen-bond donors (Lipinski definition) is 0. The monoisotopic (exact) mass is 596 g/mol. The number of alkyl halides is 3. The Labute approximate surface area is 253 Å². The first-order valence-electron chi connectivity index (χ1n) is 15.5. The van der Waals surface area contributed by atoms with Gasteiger partial charge in [0.2, 0.25) is 0 Å². The molecule has 5 rings (SSSR count). The van der Waals surface area contributed by atoms with E-state index in [1.807, 2.05) is 81.4 Å². The number of nitrogens with zero attached hydrogens (tertiary/aromatic N) is 2. The fourth-order valence-electron chi connectivity index (χ4n) is 7.13. The molecule has 43 heavy (non-hydrogen) atoms. The number of ether oxygens (including phenoxy) is 1. The molecular weight excluding hydrogens is 553 g/mol. The molecule has 0 radical (unpaired) electrons. The summed E-state index contributed by atoms with van der Waals surface area (Å²) < 4.78 is 46.9. The normalized spacial score (nSPS) is 22.6. The zero-order valence-electron chi connectivity index (χ0n) is 25.4. The van der Waals surface area contributed by atoms with Gasteiger partial charge < -0.3 is 14.5 Å². The van der Waals surface area contributed by atoms with Crippen LogP contribution in [0.4, 0.5) is 13.2 Å². The molecular formula is C35H43F3N2O3. The molecule has 8 heteroatoms. The van der Waals surface area contributed by atoms with E-state index in [0.29, 0.717) is 25.8 Å². The molecule has 0 bridgehead atoms. The van der Waals surface area contributed by atoms with Crippen molar-refractivity contribution in [1.29, 1.82) is 0 Å². The third kappa shape index (κ3) is 7.34. The Kier molecular flexibility index (Phi) is 9.07. The van der Waals surface area contributed by atoms with Gasteiger partial charge in [-0.3, -0.25) is 9.59 Å². The predicted molar refractivity (Wildman–Crippen MR) is 161 cm³/mol. The number of amides is 1. The number of rotatable bonds is 10. The van der Waals surface area contributed by atoms with Crippen LogP contribution in [0.1, 0.15) is 70.4 Å². The van der Waals surface area contributed by atoms with Gasteiger partial charge in [0.05, 0.1) is 5.41 Å². The van der Waals surface area contributed by atoms with E-state index < -0.39 is 23.5 Å². The lowest BCUT2D eigenvalue weighted by Gasteiger charge is -2.55. The number of carbonyl (C=O) groups excluding carboxylic acids is 2. The van der Waals surface area contributed by atoms with Crippen LogP contribution in [0.2, 0.25) is 0 Å².